The van der Waals surface area contributed by atoms with Gasteiger partial charge >= 0.3 is 5.97 Å². The van der Waals surface area contributed by atoms with E-state index in [1.807, 2.05) is 0 Å². The maximum Gasteiger partial charge on any atom is 0.340 e. The number of carbonyl (C=O) groups is 1. The Morgan fingerprint density at radius 3 is 2.56 bits per heavy atom. The van der Waals surface area contributed by atoms with E-state index in [9.17, 15) is 4.79 Å². The van der Waals surface area contributed by atoms with Crippen LogP contribution < -0.4 is 0 Å². The summed E-state index contributed by atoms with van der Waals surface area (Å²) in [7, 11) is 0. The summed E-state index contributed by atoms with van der Waals surface area (Å²) in [5.41, 5.74) is -1.26. The molecule has 2 N–H and O–H groups in total. The standard InChI is InChI=1S/C5H8O4/c6-3-9-4(7)5(8)1-2-5/h6,8H,1-3H2. The molecule has 0 aromatic carbocycles. The Labute approximate surface area is 52.1 Å². The summed E-state index contributed by atoms with van der Waals surface area (Å²) >= 11 is 0. The van der Waals surface area contributed by atoms with Crippen molar-refractivity contribution in [2.45, 2.75) is 18.4 Å². The number of aliphatic hydroxyl groups is 2. The zero-order chi connectivity index (χ0) is 6.91. The maximum absolute atomic E-state index is 10.5. The summed E-state index contributed by atoms with van der Waals surface area (Å²) in [5.74, 6) is -0.718. The van der Waals surface area contributed by atoms with E-state index in [2.05, 4.69) is 4.74 Å². The number of carbonyl (C=O) groups excluding carboxylic acids is 1. The summed E-state index contributed by atoms with van der Waals surface area (Å²) in [6.07, 6.45) is 0.900. The van der Waals surface area contributed by atoms with Crippen molar-refractivity contribution in [2.75, 3.05) is 6.79 Å². The third-order valence-electron chi connectivity index (χ3n) is 1.30. The van der Waals surface area contributed by atoms with E-state index in [0.717, 1.165) is 0 Å². The number of rotatable bonds is 2. The molecule has 0 atom stereocenters. The largest absolute Gasteiger partial charge is 0.437 e. The summed E-state index contributed by atoms with van der Waals surface area (Å²) in [4.78, 5) is 10.5. The van der Waals surface area contributed by atoms with Crippen LogP contribution >= 0.6 is 0 Å². The molecule has 1 aliphatic carbocycles. The number of hydrogen-bond donors (Lipinski definition) is 2. The van der Waals surface area contributed by atoms with Gasteiger partial charge in [0.05, 0.1) is 0 Å². The van der Waals surface area contributed by atoms with E-state index in [1.165, 1.54) is 0 Å². The Balaban J connectivity index is 2.34. The number of ether oxygens (including phenoxy) is 1. The van der Waals surface area contributed by atoms with Crippen LogP contribution in [0.2, 0.25) is 0 Å². The third kappa shape index (κ3) is 1.20. The highest BCUT2D eigenvalue weighted by atomic mass is 16.6. The average molecular weight is 132 g/mol. The van der Waals surface area contributed by atoms with Crippen LogP contribution in [-0.4, -0.2) is 28.6 Å². The van der Waals surface area contributed by atoms with Crippen molar-refractivity contribution in [1.29, 1.82) is 0 Å². The molecule has 0 spiro atoms. The zero-order valence-electron chi connectivity index (χ0n) is 4.83. The van der Waals surface area contributed by atoms with Gasteiger partial charge in [0, 0.05) is 0 Å². The van der Waals surface area contributed by atoms with E-state index in [-0.39, 0.29) is 0 Å². The molecule has 1 rings (SSSR count). The Bertz CT molecular complexity index is 127. The normalized spacial score (nSPS) is 21.1. The second-order valence-electron chi connectivity index (χ2n) is 2.09. The second kappa shape index (κ2) is 1.97. The molecule has 0 heterocycles. The first-order valence-electron chi connectivity index (χ1n) is 2.69. The van der Waals surface area contributed by atoms with Gasteiger partial charge in [-0.1, -0.05) is 0 Å². The minimum atomic E-state index is -1.26. The van der Waals surface area contributed by atoms with Crippen LogP contribution in [-0.2, 0) is 9.53 Å². The molecule has 4 heteroatoms. The smallest absolute Gasteiger partial charge is 0.340 e. The highest BCUT2D eigenvalue weighted by Gasteiger charge is 2.49. The first-order valence-corrected chi connectivity index (χ1v) is 2.69. The van der Waals surface area contributed by atoms with Crippen molar-refractivity contribution in [3.8, 4) is 0 Å². The van der Waals surface area contributed by atoms with Crippen molar-refractivity contribution in [2.24, 2.45) is 0 Å². The second-order valence-corrected chi connectivity index (χ2v) is 2.09. The van der Waals surface area contributed by atoms with E-state index in [1.54, 1.807) is 0 Å². The number of hydrogen-bond acceptors (Lipinski definition) is 4. The van der Waals surface area contributed by atoms with Crippen LogP contribution in [0.4, 0.5) is 0 Å². The Morgan fingerprint density at radius 2 is 2.22 bits per heavy atom. The van der Waals surface area contributed by atoms with Gasteiger partial charge in [-0.2, -0.15) is 0 Å². The van der Waals surface area contributed by atoms with Crippen molar-refractivity contribution in [1.82, 2.24) is 0 Å². The molecule has 0 aromatic heterocycles. The molecule has 0 unspecified atom stereocenters. The van der Waals surface area contributed by atoms with Gasteiger partial charge in [0.25, 0.3) is 0 Å². The van der Waals surface area contributed by atoms with Crippen LogP contribution in [0.15, 0.2) is 0 Å². The van der Waals surface area contributed by atoms with Crippen LogP contribution in [0, 0.1) is 0 Å². The highest BCUT2D eigenvalue weighted by Crippen LogP contribution is 2.35. The van der Waals surface area contributed by atoms with Crippen LogP contribution in [0.3, 0.4) is 0 Å². The minimum Gasteiger partial charge on any atom is -0.437 e. The van der Waals surface area contributed by atoms with Crippen LogP contribution in [0.25, 0.3) is 0 Å². The molecule has 9 heavy (non-hydrogen) atoms. The summed E-state index contributed by atoms with van der Waals surface area (Å²) < 4.78 is 4.14. The molecule has 0 aromatic rings. The fourth-order valence-electron chi connectivity index (χ4n) is 0.515. The molecule has 1 aliphatic rings. The van der Waals surface area contributed by atoms with Crippen LogP contribution in [0.1, 0.15) is 12.8 Å². The summed E-state index contributed by atoms with van der Waals surface area (Å²) in [5, 5.41) is 17.0. The monoisotopic (exact) mass is 132 g/mol. The molecule has 52 valence electrons. The fraction of sp³-hybridized carbons (Fsp3) is 0.800. The third-order valence-corrected chi connectivity index (χ3v) is 1.30. The zero-order valence-corrected chi connectivity index (χ0v) is 4.83. The van der Waals surface area contributed by atoms with Gasteiger partial charge in [-0.05, 0) is 12.8 Å². The van der Waals surface area contributed by atoms with Gasteiger partial charge in [-0.15, -0.1) is 0 Å². The maximum atomic E-state index is 10.5. The molecular formula is C5H8O4. The molecule has 0 radical (unpaired) electrons. The average Bonchev–Trinajstić information content (AvgIpc) is 2.50. The lowest BCUT2D eigenvalue weighted by Crippen LogP contribution is -2.24. The van der Waals surface area contributed by atoms with E-state index in [0.29, 0.717) is 12.8 Å². The molecular weight excluding hydrogens is 124 g/mol. The van der Waals surface area contributed by atoms with Crippen molar-refractivity contribution < 1.29 is 19.7 Å². The molecule has 1 saturated carbocycles. The van der Waals surface area contributed by atoms with Gasteiger partial charge in [0.2, 0.25) is 0 Å². The van der Waals surface area contributed by atoms with Crippen LogP contribution in [0.5, 0.6) is 0 Å². The lowest BCUT2D eigenvalue weighted by Gasteiger charge is -2.03. The van der Waals surface area contributed by atoms with Gasteiger partial charge in [0.15, 0.2) is 12.4 Å². The molecule has 0 saturated heterocycles. The van der Waals surface area contributed by atoms with E-state index in [4.69, 9.17) is 10.2 Å². The molecule has 4 nitrogen and oxygen atoms in total. The predicted octanol–water partition coefficient (Wildman–Crippen LogP) is -0.996. The number of esters is 1. The first-order chi connectivity index (χ1) is 4.19. The predicted molar refractivity (Wildman–Crippen MR) is 27.4 cm³/mol. The molecule has 0 bridgehead atoms. The SMILES string of the molecule is O=C(OCO)C1(O)CC1. The van der Waals surface area contributed by atoms with Crippen molar-refractivity contribution >= 4 is 5.97 Å². The van der Waals surface area contributed by atoms with E-state index >= 15 is 0 Å². The topological polar surface area (TPSA) is 66.8 Å². The lowest BCUT2D eigenvalue weighted by molar-refractivity contribution is -0.164. The first kappa shape index (κ1) is 6.51. The molecule has 1 fully saturated rings. The Hall–Kier alpha value is -0.610. The highest BCUT2D eigenvalue weighted by molar-refractivity contribution is 5.82. The Morgan fingerprint density at radius 1 is 1.67 bits per heavy atom. The fourth-order valence-corrected chi connectivity index (χ4v) is 0.515. The minimum absolute atomic E-state index is 0.450. The summed E-state index contributed by atoms with van der Waals surface area (Å²) in [6.45, 7) is -0.652. The number of aliphatic hydroxyl groups excluding tert-OH is 1. The molecule has 0 aliphatic heterocycles. The van der Waals surface area contributed by atoms with Gasteiger partial charge < -0.3 is 14.9 Å². The molecule has 0 amide bonds. The van der Waals surface area contributed by atoms with Crippen molar-refractivity contribution in [3.63, 3.8) is 0 Å². The Kier molecular flexibility index (Phi) is 1.42. The van der Waals surface area contributed by atoms with Gasteiger partial charge in [-0.3, -0.25) is 0 Å². The van der Waals surface area contributed by atoms with Crippen molar-refractivity contribution in [3.05, 3.63) is 0 Å². The van der Waals surface area contributed by atoms with Gasteiger partial charge in [-0.25, -0.2) is 4.79 Å². The van der Waals surface area contributed by atoms with E-state index < -0.39 is 18.4 Å². The summed E-state index contributed by atoms with van der Waals surface area (Å²) in [6, 6.07) is 0. The quantitative estimate of drug-likeness (QED) is 0.373. The van der Waals surface area contributed by atoms with Gasteiger partial charge in [0.1, 0.15) is 0 Å². The lowest BCUT2D eigenvalue weighted by atomic mass is 10.4.